The van der Waals surface area contributed by atoms with Crippen molar-refractivity contribution in [1.29, 1.82) is 0 Å². The molecule has 124 valence electrons. The molecule has 2 N–H and O–H groups in total. The number of aliphatic hydroxyl groups is 1. The van der Waals surface area contributed by atoms with Gasteiger partial charge in [0, 0.05) is 30.6 Å². The molecule has 3 aromatic rings. The summed E-state index contributed by atoms with van der Waals surface area (Å²) < 4.78 is 3.46. The summed E-state index contributed by atoms with van der Waals surface area (Å²) >= 11 is 0. The summed E-state index contributed by atoms with van der Waals surface area (Å²) in [4.78, 5) is 12.7. The van der Waals surface area contributed by atoms with Crippen LogP contribution in [-0.4, -0.2) is 41.5 Å². The molecule has 1 aliphatic carbocycles. The zero-order chi connectivity index (χ0) is 16.7. The summed E-state index contributed by atoms with van der Waals surface area (Å²) in [5.41, 5.74) is 2.11. The van der Waals surface area contributed by atoms with Gasteiger partial charge < -0.3 is 10.4 Å². The van der Waals surface area contributed by atoms with E-state index in [1.165, 1.54) is 0 Å². The predicted octanol–water partition coefficient (Wildman–Crippen LogP) is 0.705. The molecule has 4 rings (SSSR count). The number of nitrogens with one attached hydrogen (secondary N) is 1. The maximum absolute atomic E-state index is 12.7. The molecule has 1 aliphatic rings. The van der Waals surface area contributed by atoms with E-state index in [9.17, 15) is 9.90 Å². The second-order valence-corrected chi connectivity index (χ2v) is 6.30. The van der Waals surface area contributed by atoms with Crippen molar-refractivity contribution >= 4 is 11.6 Å². The molecule has 1 unspecified atom stereocenters. The van der Waals surface area contributed by atoms with Gasteiger partial charge >= 0.3 is 0 Å². The van der Waals surface area contributed by atoms with Crippen LogP contribution in [0.3, 0.4) is 0 Å². The molecule has 0 saturated heterocycles. The van der Waals surface area contributed by atoms with E-state index in [0.29, 0.717) is 24.1 Å². The second-order valence-electron chi connectivity index (χ2n) is 6.30. The Kier molecular flexibility index (Phi) is 3.53. The fourth-order valence-electron chi connectivity index (χ4n) is 3.16. The van der Waals surface area contributed by atoms with Gasteiger partial charge in [-0.15, -0.1) is 10.2 Å². The molecule has 1 saturated carbocycles. The Morgan fingerprint density at radius 1 is 1.46 bits per heavy atom. The fourth-order valence-corrected chi connectivity index (χ4v) is 3.16. The Hall–Kier alpha value is -2.74. The SMILES string of the molecule is Cn1cc(C(NC(=O)c2ccn3cnnc3c2)C2CC(O)C2)cn1. The average Bonchev–Trinajstić information content (AvgIpc) is 3.17. The van der Waals surface area contributed by atoms with E-state index in [2.05, 4.69) is 20.6 Å². The number of nitrogens with zero attached hydrogens (tertiary/aromatic N) is 5. The van der Waals surface area contributed by atoms with Crippen LogP contribution < -0.4 is 5.32 Å². The molecular weight excluding hydrogens is 308 g/mol. The lowest BCUT2D eigenvalue weighted by Gasteiger charge is -2.37. The van der Waals surface area contributed by atoms with E-state index >= 15 is 0 Å². The first-order chi connectivity index (χ1) is 11.6. The minimum atomic E-state index is -0.279. The van der Waals surface area contributed by atoms with E-state index in [1.54, 1.807) is 39.9 Å². The first-order valence-electron chi connectivity index (χ1n) is 7.87. The summed E-state index contributed by atoms with van der Waals surface area (Å²) in [6.07, 6.45) is 8.10. The van der Waals surface area contributed by atoms with Crippen molar-refractivity contribution in [1.82, 2.24) is 29.7 Å². The standard InChI is InChI=1S/C16H18N6O2/c1-21-8-12(7-18-21)15(11-4-13(23)5-11)19-16(24)10-2-3-22-9-17-20-14(22)6-10/h2-3,6-9,11,13,15,23H,4-5H2,1H3,(H,19,24). The summed E-state index contributed by atoms with van der Waals surface area (Å²) in [5, 5.41) is 24.7. The number of hydrogen-bond acceptors (Lipinski definition) is 5. The van der Waals surface area contributed by atoms with Crippen LogP contribution in [0.4, 0.5) is 0 Å². The number of rotatable bonds is 4. The van der Waals surface area contributed by atoms with Crippen LogP contribution in [0.5, 0.6) is 0 Å². The van der Waals surface area contributed by atoms with Crippen molar-refractivity contribution in [2.75, 3.05) is 0 Å². The number of carbonyl (C=O) groups excluding carboxylic acids is 1. The smallest absolute Gasteiger partial charge is 0.251 e. The van der Waals surface area contributed by atoms with Gasteiger partial charge in [-0.2, -0.15) is 5.10 Å². The average molecular weight is 326 g/mol. The van der Waals surface area contributed by atoms with E-state index in [4.69, 9.17) is 0 Å². The van der Waals surface area contributed by atoms with Crippen molar-refractivity contribution in [3.63, 3.8) is 0 Å². The summed E-state index contributed by atoms with van der Waals surface area (Å²) in [7, 11) is 1.84. The number of aliphatic hydroxyl groups excluding tert-OH is 1. The molecule has 0 spiro atoms. The highest BCUT2D eigenvalue weighted by atomic mass is 16.3. The first-order valence-corrected chi connectivity index (χ1v) is 7.87. The molecule has 1 amide bonds. The fraction of sp³-hybridized carbons (Fsp3) is 0.375. The molecule has 8 nitrogen and oxygen atoms in total. The molecule has 8 heteroatoms. The number of pyridine rings is 1. The van der Waals surface area contributed by atoms with Crippen molar-refractivity contribution in [3.8, 4) is 0 Å². The van der Waals surface area contributed by atoms with Crippen LogP contribution >= 0.6 is 0 Å². The molecule has 3 aromatic heterocycles. The topological polar surface area (TPSA) is 97.3 Å². The summed E-state index contributed by atoms with van der Waals surface area (Å²) in [5.74, 6) is 0.0423. The third kappa shape index (κ3) is 2.65. The van der Waals surface area contributed by atoms with Crippen LogP contribution in [0.25, 0.3) is 5.65 Å². The van der Waals surface area contributed by atoms with Crippen molar-refractivity contribution in [2.24, 2.45) is 13.0 Å². The van der Waals surface area contributed by atoms with E-state index < -0.39 is 0 Å². The van der Waals surface area contributed by atoms with Crippen LogP contribution in [0.1, 0.15) is 34.8 Å². The van der Waals surface area contributed by atoms with E-state index in [-0.39, 0.29) is 24.0 Å². The molecule has 1 atom stereocenters. The number of fused-ring (bicyclic) bond motifs is 1. The van der Waals surface area contributed by atoms with Crippen LogP contribution in [-0.2, 0) is 7.05 Å². The maximum atomic E-state index is 12.7. The first kappa shape index (κ1) is 14.8. The quantitative estimate of drug-likeness (QED) is 0.736. The molecule has 3 heterocycles. The van der Waals surface area contributed by atoms with E-state index in [1.807, 2.05) is 13.2 Å². The van der Waals surface area contributed by atoms with Gasteiger partial charge in [-0.05, 0) is 30.9 Å². The number of carbonyl (C=O) groups is 1. The Morgan fingerprint density at radius 3 is 3.00 bits per heavy atom. The van der Waals surface area contributed by atoms with Crippen molar-refractivity contribution in [3.05, 3.63) is 48.2 Å². The lowest BCUT2D eigenvalue weighted by molar-refractivity contribution is 0.0235. The summed E-state index contributed by atoms with van der Waals surface area (Å²) in [6, 6.07) is 3.28. The zero-order valence-corrected chi connectivity index (χ0v) is 13.2. The molecule has 1 fully saturated rings. The van der Waals surface area contributed by atoms with Gasteiger partial charge in [0.2, 0.25) is 0 Å². The maximum Gasteiger partial charge on any atom is 0.251 e. The Morgan fingerprint density at radius 2 is 2.29 bits per heavy atom. The monoisotopic (exact) mass is 326 g/mol. The lowest BCUT2D eigenvalue weighted by Crippen LogP contribution is -2.41. The molecule has 0 aromatic carbocycles. The lowest BCUT2D eigenvalue weighted by atomic mass is 9.75. The molecule has 0 bridgehead atoms. The van der Waals surface area contributed by atoms with Crippen LogP contribution in [0.15, 0.2) is 37.1 Å². The highest BCUT2D eigenvalue weighted by molar-refractivity contribution is 5.95. The minimum absolute atomic E-state index is 0.163. The number of aromatic nitrogens is 5. The second kappa shape index (κ2) is 5.72. The number of hydrogen-bond donors (Lipinski definition) is 2. The third-order valence-electron chi connectivity index (χ3n) is 4.55. The highest BCUT2D eigenvalue weighted by Crippen LogP contribution is 2.38. The molecule has 24 heavy (non-hydrogen) atoms. The van der Waals surface area contributed by atoms with Gasteiger partial charge in [0.15, 0.2) is 5.65 Å². The predicted molar refractivity (Wildman–Crippen MR) is 85.1 cm³/mol. The molecule has 0 radical (unpaired) electrons. The Bertz CT molecular complexity index is 879. The minimum Gasteiger partial charge on any atom is -0.393 e. The van der Waals surface area contributed by atoms with Crippen molar-refractivity contribution < 1.29 is 9.90 Å². The van der Waals surface area contributed by atoms with Gasteiger partial charge in [-0.25, -0.2) is 0 Å². The van der Waals surface area contributed by atoms with E-state index in [0.717, 1.165) is 5.56 Å². The van der Waals surface area contributed by atoms with Gasteiger partial charge in [0.1, 0.15) is 6.33 Å². The Labute approximate surface area is 138 Å². The largest absolute Gasteiger partial charge is 0.393 e. The Balaban J connectivity index is 1.58. The number of aryl methyl sites for hydroxylation is 1. The van der Waals surface area contributed by atoms with Crippen molar-refractivity contribution in [2.45, 2.75) is 25.0 Å². The molecular formula is C16H18N6O2. The molecule has 0 aliphatic heterocycles. The van der Waals surface area contributed by atoms with Gasteiger partial charge in [-0.3, -0.25) is 13.9 Å². The highest BCUT2D eigenvalue weighted by Gasteiger charge is 2.36. The van der Waals surface area contributed by atoms with Gasteiger partial charge in [-0.1, -0.05) is 0 Å². The van der Waals surface area contributed by atoms with Gasteiger partial charge in [0.25, 0.3) is 5.91 Å². The van der Waals surface area contributed by atoms with Crippen LogP contribution in [0, 0.1) is 5.92 Å². The van der Waals surface area contributed by atoms with Crippen LogP contribution in [0.2, 0.25) is 0 Å². The third-order valence-corrected chi connectivity index (χ3v) is 4.55. The van der Waals surface area contributed by atoms with Gasteiger partial charge in [0.05, 0.1) is 18.3 Å². The zero-order valence-electron chi connectivity index (χ0n) is 13.2. The normalized spacial score (nSPS) is 21.4. The summed E-state index contributed by atoms with van der Waals surface area (Å²) in [6.45, 7) is 0. The number of amides is 1.